The first-order valence-electron chi connectivity index (χ1n) is 15.1. The van der Waals surface area contributed by atoms with Crippen molar-refractivity contribution in [2.45, 2.75) is 85.4 Å². The van der Waals surface area contributed by atoms with Crippen LogP contribution in [0.15, 0.2) is 48.5 Å². The van der Waals surface area contributed by atoms with Crippen molar-refractivity contribution in [3.63, 3.8) is 0 Å². The smallest absolute Gasteiger partial charge is 0.407 e. The van der Waals surface area contributed by atoms with Crippen molar-refractivity contribution in [3.8, 4) is 0 Å². The number of amides is 1. The fourth-order valence-corrected chi connectivity index (χ4v) is 8.33. The normalized spacial score (nSPS) is 26.1. The molecule has 3 aliphatic rings. The first-order valence-corrected chi connectivity index (χ1v) is 15.1. The summed E-state index contributed by atoms with van der Waals surface area (Å²) >= 11 is 0. The second-order valence-electron chi connectivity index (χ2n) is 14.0. The Bertz CT molecular complexity index is 1140. The zero-order valence-electron chi connectivity index (χ0n) is 25.0. The number of likely N-dealkylation sites (tertiary alicyclic amines) is 1. The Labute approximate surface area is 236 Å². The van der Waals surface area contributed by atoms with Gasteiger partial charge in [0.1, 0.15) is 0 Å². The van der Waals surface area contributed by atoms with Crippen LogP contribution in [-0.4, -0.2) is 64.7 Å². The highest BCUT2D eigenvalue weighted by atomic mass is 16.4. The molecule has 5 rings (SSSR count). The average Bonchev–Trinajstić information content (AvgIpc) is 2.88. The van der Waals surface area contributed by atoms with Crippen LogP contribution in [0.4, 0.5) is 4.79 Å². The van der Waals surface area contributed by atoms with E-state index in [-0.39, 0.29) is 10.8 Å². The van der Waals surface area contributed by atoms with E-state index in [4.69, 9.17) is 0 Å². The summed E-state index contributed by atoms with van der Waals surface area (Å²) in [5.41, 5.74) is 6.11. The maximum atomic E-state index is 11.6. The summed E-state index contributed by atoms with van der Waals surface area (Å²) in [5, 5.41) is 9.57. The molecule has 1 N–H and O–H groups in total. The Morgan fingerprint density at radius 1 is 1.00 bits per heavy atom. The largest absolute Gasteiger partial charge is 0.465 e. The number of rotatable bonds is 5. The van der Waals surface area contributed by atoms with Crippen molar-refractivity contribution < 1.29 is 9.90 Å². The van der Waals surface area contributed by atoms with Gasteiger partial charge in [-0.3, -0.25) is 9.80 Å². The number of hydrogen-bond acceptors (Lipinski definition) is 3. The van der Waals surface area contributed by atoms with Crippen molar-refractivity contribution in [3.05, 3.63) is 70.8 Å². The van der Waals surface area contributed by atoms with Crippen LogP contribution >= 0.6 is 0 Å². The number of carboxylic acid groups (broad SMARTS) is 1. The Kier molecular flexibility index (Phi) is 7.87. The first kappa shape index (κ1) is 28.2. The summed E-state index contributed by atoms with van der Waals surface area (Å²) in [7, 11) is 0. The average molecular weight is 532 g/mol. The molecule has 0 aromatic heterocycles. The predicted molar refractivity (Wildman–Crippen MR) is 159 cm³/mol. The minimum Gasteiger partial charge on any atom is -0.465 e. The highest BCUT2D eigenvalue weighted by molar-refractivity contribution is 5.65. The van der Waals surface area contributed by atoms with Crippen LogP contribution in [0.5, 0.6) is 0 Å². The summed E-state index contributed by atoms with van der Waals surface area (Å²) in [6.45, 7) is 19.6. The highest BCUT2D eigenvalue weighted by Crippen LogP contribution is 2.62. The van der Waals surface area contributed by atoms with Crippen molar-refractivity contribution in [1.29, 1.82) is 0 Å². The minimum absolute atomic E-state index is 0.176. The van der Waals surface area contributed by atoms with Gasteiger partial charge in [0.25, 0.3) is 0 Å². The fourth-order valence-electron chi connectivity index (χ4n) is 8.33. The van der Waals surface area contributed by atoms with E-state index in [2.05, 4.69) is 99.9 Å². The van der Waals surface area contributed by atoms with Gasteiger partial charge in [0, 0.05) is 51.4 Å². The van der Waals surface area contributed by atoms with Crippen molar-refractivity contribution >= 4 is 6.09 Å². The standard InChI is InChI=1S/C34H49N3O2/c1-24(2)27-9-7-8-10-28(27)30-23-35(22-26-13-11-25(3)12-14-26)19-20-37(30)29-21-34(31(29)33(4,5)6)15-17-36(18-16-34)32(38)39/h7-14,24,29-31H,15-23H2,1-6H3,(H,38,39). The van der Waals surface area contributed by atoms with Crippen molar-refractivity contribution in [2.24, 2.45) is 16.7 Å². The van der Waals surface area contributed by atoms with E-state index < -0.39 is 6.09 Å². The number of piperazine rings is 1. The molecule has 1 spiro atoms. The number of carbonyl (C=O) groups is 1. The molecule has 2 aromatic carbocycles. The lowest BCUT2D eigenvalue weighted by molar-refractivity contribution is -0.169. The molecular formula is C34H49N3O2. The van der Waals surface area contributed by atoms with Gasteiger partial charge >= 0.3 is 6.09 Å². The molecule has 3 atom stereocenters. The van der Waals surface area contributed by atoms with Gasteiger partial charge in [-0.15, -0.1) is 0 Å². The zero-order chi connectivity index (χ0) is 27.9. The zero-order valence-corrected chi connectivity index (χ0v) is 25.0. The molecule has 2 saturated heterocycles. The van der Waals surface area contributed by atoms with E-state index in [9.17, 15) is 9.90 Å². The molecule has 212 valence electrons. The molecule has 1 saturated carbocycles. The second kappa shape index (κ2) is 10.9. The predicted octanol–water partition coefficient (Wildman–Crippen LogP) is 7.17. The maximum absolute atomic E-state index is 11.6. The van der Waals surface area contributed by atoms with E-state index in [1.807, 2.05) is 0 Å². The quantitative estimate of drug-likeness (QED) is 0.444. The molecule has 2 aliphatic heterocycles. The summed E-state index contributed by atoms with van der Waals surface area (Å²) in [5.74, 6) is 1.06. The minimum atomic E-state index is -0.761. The Balaban J connectivity index is 1.43. The molecule has 5 heteroatoms. The van der Waals surface area contributed by atoms with E-state index in [0.29, 0.717) is 37.0 Å². The number of aryl methyl sites for hydroxylation is 1. The van der Waals surface area contributed by atoms with Crippen LogP contribution in [0.1, 0.15) is 88.1 Å². The van der Waals surface area contributed by atoms with Gasteiger partial charge in [0.15, 0.2) is 0 Å². The summed E-state index contributed by atoms with van der Waals surface area (Å²) in [6, 6.07) is 19.1. The lowest BCUT2D eigenvalue weighted by Gasteiger charge is -2.66. The molecule has 3 unspecified atom stereocenters. The SMILES string of the molecule is Cc1ccc(CN2CCN(C3CC4(CCN(C(=O)O)CC4)C3C(C)(C)C)C(c3ccccc3C(C)C)C2)cc1. The summed E-state index contributed by atoms with van der Waals surface area (Å²) in [6.07, 6.45) is 2.43. The molecule has 39 heavy (non-hydrogen) atoms. The number of benzene rings is 2. The lowest BCUT2D eigenvalue weighted by Crippen LogP contribution is -2.68. The van der Waals surface area contributed by atoms with E-state index >= 15 is 0 Å². The summed E-state index contributed by atoms with van der Waals surface area (Å²) in [4.78, 5) is 18.8. The number of nitrogens with zero attached hydrogens (tertiary/aromatic N) is 3. The van der Waals surface area contributed by atoms with Crippen LogP contribution < -0.4 is 0 Å². The Morgan fingerprint density at radius 2 is 1.67 bits per heavy atom. The topological polar surface area (TPSA) is 47.0 Å². The third-order valence-electron chi connectivity index (χ3n) is 10.1. The van der Waals surface area contributed by atoms with Crippen LogP contribution in [-0.2, 0) is 6.54 Å². The number of hydrogen-bond donors (Lipinski definition) is 1. The van der Waals surface area contributed by atoms with Crippen molar-refractivity contribution in [1.82, 2.24) is 14.7 Å². The van der Waals surface area contributed by atoms with Gasteiger partial charge < -0.3 is 10.0 Å². The van der Waals surface area contributed by atoms with Gasteiger partial charge in [0.2, 0.25) is 0 Å². The van der Waals surface area contributed by atoms with E-state index in [1.54, 1.807) is 4.90 Å². The van der Waals surface area contributed by atoms with Crippen molar-refractivity contribution in [2.75, 3.05) is 32.7 Å². The molecule has 5 nitrogen and oxygen atoms in total. The third-order valence-corrected chi connectivity index (χ3v) is 10.1. The van der Waals surface area contributed by atoms with E-state index in [1.165, 1.54) is 28.7 Å². The molecule has 3 fully saturated rings. The van der Waals surface area contributed by atoms with Crippen LogP contribution in [0.25, 0.3) is 0 Å². The van der Waals surface area contributed by atoms with Gasteiger partial charge in [0.05, 0.1) is 0 Å². The molecule has 1 aliphatic carbocycles. The van der Waals surface area contributed by atoms with Gasteiger partial charge in [-0.05, 0) is 65.5 Å². The molecule has 0 bridgehead atoms. The van der Waals surface area contributed by atoms with Gasteiger partial charge in [-0.2, -0.15) is 0 Å². The van der Waals surface area contributed by atoms with E-state index in [0.717, 1.165) is 39.0 Å². The molecule has 2 heterocycles. The van der Waals surface area contributed by atoms with Crippen LogP contribution in [0.2, 0.25) is 0 Å². The summed E-state index contributed by atoms with van der Waals surface area (Å²) < 4.78 is 0. The molecular weight excluding hydrogens is 482 g/mol. The molecule has 0 radical (unpaired) electrons. The highest BCUT2D eigenvalue weighted by Gasteiger charge is 2.61. The lowest BCUT2D eigenvalue weighted by atomic mass is 9.45. The third kappa shape index (κ3) is 5.63. The molecule has 1 amide bonds. The maximum Gasteiger partial charge on any atom is 0.407 e. The second-order valence-corrected chi connectivity index (χ2v) is 14.0. The Hall–Kier alpha value is -2.37. The Morgan fingerprint density at radius 3 is 2.28 bits per heavy atom. The fraction of sp³-hybridized carbons (Fsp3) is 0.618. The molecule has 2 aromatic rings. The van der Waals surface area contributed by atoms with Gasteiger partial charge in [-0.1, -0.05) is 88.7 Å². The first-order chi connectivity index (χ1) is 18.5. The van der Waals surface area contributed by atoms with Crippen LogP contribution in [0, 0.1) is 23.7 Å². The van der Waals surface area contributed by atoms with Gasteiger partial charge in [-0.25, -0.2) is 4.79 Å². The number of piperidine rings is 1. The monoisotopic (exact) mass is 531 g/mol. The van der Waals surface area contributed by atoms with Crippen LogP contribution in [0.3, 0.4) is 0 Å².